The normalized spacial score (nSPS) is 26.2. The van der Waals surface area contributed by atoms with E-state index in [1.165, 1.54) is 0 Å². The van der Waals surface area contributed by atoms with Crippen LogP contribution in [-0.2, 0) is 9.59 Å². The van der Waals surface area contributed by atoms with Gasteiger partial charge in [0.15, 0.2) is 0 Å². The Morgan fingerprint density at radius 2 is 1.83 bits per heavy atom. The van der Waals surface area contributed by atoms with Crippen LogP contribution in [0.1, 0.15) is 40.0 Å². The van der Waals surface area contributed by atoms with Crippen LogP contribution in [0.2, 0.25) is 0 Å². The number of hydrogen-bond donors (Lipinski definition) is 1. The average Bonchev–Trinajstić information content (AvgIpc) is 2.27. The summed E-state index contributed by atoms with van der Waals surface area (Å²) in [6, 6.07) is -0.117. The van der Waals surface area contributed by atoms with Gasteiger partial charge in [-0.05, 0) is 47.1 Å². The van der Waals surface area contributed by atoms with Crippen molar-refractivity contribution in [2.24, 2.45) is 0 Å². The number of carboxylic acids is 1. The lowest BCUT2D eigenvalue weighted by Crippen LogP contribution is -2.52. The number of carbonyl (C=O) groups is 2. The Hall–Kier alpha value is -1.10. The lowest BCUT2D eigenvalue weighted by atomic mass is 9.97. The molecule has 1 heterocycles. The molecule has 1 amide bonds. The van der Waals surface area contributed by atoms with Gasteiger partial charge in [-0.15, -0.1) is 0 Å². The second-order valence-electron chi connectivity index (χ2n) is 5.36. The molecule has 104 valence electrons. The maximum atomic E-state index is 12.2. The zero-order chi connectivity index (χ0) is 13.9. The van der Waals surface area contributed by atoms with Crippen LogP contribution < -0.4 is 0 Å². The molecule has 0 aromatic carbocycles. The Balaban J connectivity index is 2.61. The number of aliphatic carboxylic acids is 1. The third-order valence-corrected chi connectivity index (χ3v) is 3.88. The minimum atomic E-state index is -0.898. The van der Waals surface area contributed by atoms with E-state index in [-0.39, 0.29) is 24.5 Å². The van der Waals surface area contributed by atoms with Crippen LogP contribution in [-0.4, -0.2) is 58.5 Å². The Kier molecular flexibility index (Phi) is 5.14. The van der Waals surface area contributed by atoms with Crippen molar-refractivity contribution in [3.8, 4) is 0 Å². The van der Waals surface area contributed by atoms with Crippen molar-refractivity contribution in [3.63, 3.8) is 0 Å². The quantitative estimate of drug-likeness (QED) is 0.820. The predicted octanol–water partition coefficient (Wildman–Crippen LogP) is 1.18. The summed E-state index contributed by atoms with van der Waals surface area (Å²) in [7, 11) is 1.68. The largest absolute Gasteiger partial charge is 0.480 e. The van der Waals surface area contributed by atoms with Crippen molar-refractivity contribution in [1.29, 1.82) is 0 Å². The monoisotopic (exact) mass is 256 g/mol. The number of carbonyl (C=O) groups excluding carboxylic acids is 1. The van der Waals surface area contributed by atoms with E-state index in [0.717, 1.165) is 19.3 Å². The second-order valence-corrected chi connectivity index (χ2v) is 5.36. The van der Waals surface area contributed by atoms with Gasteiger partial charge in [-0.1, -0.05) is 0 Å². The van der Waals surface area contributed by atoms with Gasteiger partial charge in [0.05, 0.1) is 6.54 Å². The molecule has 0 aliphatic carbocycles. The van der Waals surface area contributed by atoms with E-state index in [2.05, 4.69) is 13.8 Å². The zero-order valence-corrected chi connectivity index (χ0v) is 11.7. The van der Waals surface area contributed by atoms with Crippen molar-refractivity contribution in [2.75, 3.05) is 13.6 Å². The van der Waals surface area contributed by atoms with Gasteiger partial charge in [-0.3, -0.25) is 14.5 Å². The molecule has 0 spiro atoms. The Morgan fingerprint density at radius 3 is 2.28 bits per heavy atom. The highest BCUT2D eigenvalue weighted by Crippen LogP contribution is 2.22. The van der Waals surface area contributed by atoms with Crippen LogP contribution in [0.15, 0.2) is 0 Å². The minimum absolute atomic E-state index is 0.0327. The molecule has 1 saturated heterocycles. The lowest BCUT2D eigenvalue weighted by Gasteiger charge is -2.40. The van der Waals surface area contributed by atoms with E-state index in [4.69, 9.17) is 5.11 Å². The summed E-state index contributed by atoms with van der Waals surface area (Å²) in [6.07, 6.45) is 3.23. The fraction of sp³-hybridized carbons (Fsp3) is 0.846. The molecule has 1 fully saturated rings. The molecular formula is C13H24N2O3. The molecule has 0 bridgehead atoms. The van der Waals surface area contributed by atoms with Gasteiger partial charge in [0.2, 0.25) is 5.91 Å². The number of carboxylic acid groups (broad SMARTS) is 1. The molecule has 3 atom stereocenters. The van der Waals surface area contributed by atoms with Gasteiger partial charge in [0.1, 0.15) is 6.04 Å². The van der Waals surface area contributed by atoms with Crippen molar-refractivity contribution in [3.05, 3.63) is 0 Å². The molecule has 0 saturated carbocycles. The van der Waals surface area contributed by atoms with Crippen LogP contribution in [0.25, 0.3) is 0 Å². The molecule has 1 N–H and O–H groups in total. The third-order valence-electron chi connectivity index (χ3n) is 3.88. The van der Waals surface area contributed by atoms with E-state index in [0.29, 0.717) is 0 Å². The fourth-order valence-corrected chi connectivity index (χ4v) is 2.53. The molecular weight excluding hydrogens is 232 g/mol. The summed E-state index contributed by atoms with van der Waals surface area (Å²) in [5.74, 6) is -0.865. The first-order chi connectivity index (χ1) is 8.34. The maximum absolute atomic E-state index is 12.2. The molecule has 0 aromatic rings. The van der Waals surface area contributed by atoms with Crippen molar-refractivity contribution >= 4 is 11.9 Å². The van der Waals surface area contributed by atoms with Crippen LogP contribution in [0, 0.1) is 0 Å². The van der Waals surface area contributed by atoms with Gasteiger partial charge in [-0.2, -0.15) is 0 Å². The van der Waals surface area contributed by atoms with E-state index in [1.807, 2.05) is 4.90 Å². The summed E-state index contributed by atoms with van der Waals surface area (Å²) >= 11 is 0. The number of hydrogen-bond acceptors (Lipinski definition) is 3. The summed E-state index contributed by atoms with van der Waals surface area (Å²) in [6.45, 7) is 5.89. The van der Waals surface area contributed by atoms with Crippen LogP contribution >= 0.6 is 0 Å². The first-order valence-corrected chi connectivity index (χ1v) is 6.58. The molecule has 0 radical (unpaired) electrons. The highest BCUT2D eigenvalue weighted by atomic mass is 16.4. The van der Waals surface area contributed by atoms with Crippen molar-refractivity contribution in [2.45, 2.75) is 58.2 Å². The molecule has 5 heteroatoms. The second kappa shape index (κ2) is 6.18. The number of likely N-dealkylation sites (tertiary alicyclic amines) is 1. The van der Waals surface area contributed by atoms with Crippen molar-refractivity contribution < 1.29 is 14.7 Å². The van der Waals surface area contributed by atoms with Crippen LogP contribution in [0.4, 0.5) is 0 Å². The number of piperidine rings is 1. The van der Waals surface area contributed by atoms with Crippen LogP contribution in [0.3, 0.4) is 0 Å². The Bertz CT molecular complexity index is 309. The molecule has 1 aliphatic heterocycles. The SMILES string of the molecule is CC(C(=O)O)N(C)CC(=O)N1C(C)CCCC1C. The molecule has 1 rings (SSSR count). The van der Waals surface area contributed by atoms with Crippen LogP contribution in [0.5, 0.6) is 0 Å². The molecule has 0 aromatic heterocycles. The molecule has 3 unspecified atom stereocenters. The highest BCUT2D eigenvalue weighted by Gasteiger charge is 2.30. The Morgan fingerprint density at radius 1 is 1.33 bits per heavy atom. The summed E-state index contributed by atoms with van der Waals surface area (Å²) in [5.41, 5.74) is 0. The van der Waals surface area contributed by atoms with E-state index in [9.17, 15) is 9.59 Å². The number of likely N-dealkylation sites (N-methyl/N-ethyl adjacent to an activating group) is 1. The first kappa shape index (κ1) is 15.0. The number of amides is 1. The van der Waals surface area contributed by atoms with Gasteiger partial charge < -0.3 is 10.0 Å². The predicted molar refractivity (Wildman–Crippen MR) is 69.3 cm³/mol. The summed E-state index contributed by atoms with van der Waals surface area (Å²) in [4.78, 5) is 26.6. The zero-order valence-electron chi connectivity index (χ0n) is 11.7. The highest BCUT2D eigenvalue weighted by molar-refractivity contribution is 5.80. The fourth-order valence-electron chi connectivity index (χ4n) is 2.53. The van der Waals surface area contributed by atoms with Gasteiger partial charge in [0.25, 0.3) is 0 Å². The number of rotatable bonds is 4. The Labute approximate surface area is 109 Å². The summed E-state index contributed by atoms with van der Waals surface area (Å²) in [5, 5.41) is 8.91. The standard InChI is InChI=1S/C13H24N2O3/c1-9-6-5-7-10(2)15(9)12(16)8-14(4)11(3)13(17)18/h9-11H,5-8H2,1-4H3,(H,17,18). The minimum Gasteiger partial charge on any atom is -0.480 e. The van der Waals surface area contributed by atoms with Crippen molar-refractivity contribution in [1.82, 2.24) is 9.80 Å². The lowest BCUT2D eigenvalue weighted by molar-refractivity contribution is -0.144. The smallest absolute Gasteiger partial charge is 0.320 e. The maximum Gasteiger partial charge on any atom is 0.320 e. The van der Waals surface area contributed by atoms with E-state index >= 15 is 0 Å². The topological polar surface area (TPSA) is 60.9 Å². The van der Waals surface area contributed by atoms with Gasteiger partial charge >= 0.3 is 5.97 Å². The molecule has 1 aliphatic rings. The first-order valence-electron chi connectivity index (χ1n) is 6.58. The third kappa shape index (κ3) is 3.45. The van der Waals surface area contributed by atoms with E-state index in [1.54, 1.807) is 18.9 Å². The number of nitrogens with zero attached hydrogens (tertiary/aromatic N) is 2. The van der Waals surface area contributed by atoms with Gasteiger partial charge in [-0.25, -0.2) is 0 Å². The summed E-state index contributed by atoms with van der Waals surface area (Å²) < 4.78 is 0. The van der Waals surface area contributed by atoms with Gasteiger partial charge in [0, 0.05) is 12.1 Å². The average molecular weight is 256 g/mol. The van der Waals surface area contributed by atoms with E-state index < -0.39 is 12.0 Å². The molecule has 5 nitrogen and oxygen atoms in total. The molecule has 18 heavy (non-hydrogen) atoms.